The van der Waals surface area contributed by atoms with Gasteiger partial charge in [-0.05, 0) is 23.8 Å². The quantitative estimate of drug-likeness (QED) is 0.322. The fourth-order valence-corrected chi connectivity index (χ4v) is 3.81. The lowest BCUT2D eigenvalue weighted by molar-refractivity contribution is -0.155. The van der Waals surface area contributed by atoms with Crippen molar-refractivity contribution in [3.8, 4) is 0 Å². The Labute approximate surface area is 189 Å². The summed E-state index contributed by atoms with van der Waals surface area (Å²) in [7, 11) is 0. The molecule has 1 fully saturated rings. The van der Waals surface area contributed by atoms with E-state index in [1.54, 1.807) is 18.3 Å². The molecule has 0 spiro atoms. The second-order valence-corrected chi connectivity index (χ2v) is 7.71. The lowest BCUT2D eigenvalue weighted by Crippen LogP contribution is -2.68. The molecule has 170 valence electrons. The molecule has 2 heterocycles. The van der Waals surface area contributed by atoms with Crippen molar-refractivity contribution in [1.29, 1.82) is 0 Å². The Kier molecular flexibility index (Phi) is 6.25. The van der Waals surface area contributed by atoms with Gasteiger partial charge in [0.15, 0.2) is 0 Å². The Bertz CT molecular complexity index is 1190. The van der Waals surface area contributed by atoms with Crippen LogP contribution in [0.3, 0.4) is 0 Å². The van der Waals surface area contributed by atoms with Crippen LogP contribution in [0.15, 0.2) is 60.8 Å². The second-order valence-electron chi connectivity index (χ2n) is 7.71. The van der Waals surface area contributed by atoms with Crippen LogP contribution in [0.1, 0.15) is 5.56 Å². The highest BCUT2D eigenvalue weighted by molar-refractivity contribution is 6.06. The van der Waals surface area contributed by atoms with Crippen molar-refractivity contribution >= 4 is 40.3 Å². The summed E-state index contributed by atoms with van der Waals surface area (Å²) >= 11 is 0. The number of amides is 5. The van der Waals surface area contributed by atoms with Crippen molar-refractivity contribution in [3.05, 3.63) is 66.4 Å². The number of nitrogens with two attached hydrogens (primary N) is 1. The van der Waals surface area contributed by atoms with Crippen LogP contribution in [0.5, 0.6) is 0 Å². The van der Waals surface area contributed by atoms with E-state index in [9.17, 15) is 19.2 Å². The predicted molar refractivity (Wildman–Crippen MR) is 122 cm³/mol. The van der Waals surface area contributed by atoms with Crippen molar-refractivity contribution in [1.82, 2.24) is 20.5 Å². The maximum Gasteiger partial charge on any atom is 0.312 e. The number of hydrogen-bond acceptors (Lipinski definition) is 5. The van der Waals surface area contributed by atoms with Crippen molar-refractivity contribution < 1.29 is 19.2 Å². The number of nitrogens with one attached hydrogen (secondary N) is 4. The third kappa shape index (κ3) is 4.79. The van der Waals surface area contributed by atoms with Gasteiger partial charge in [-0.25, -0.2) is 4.79 Å². The third-order valence-electron chi connectivity index (χ3n) is 5.52. The van der Waals surface area contributed by atoms with Gasteiger partial charge in [0.05, 0.1) is 6.54 Å². The van der Waals surface area contributed by atoms with Crippen LogP contribution >= 0.6 is 0 Å². The normalized spacial score (nSPS) is 15.8. The van der Waals surface area contributed by atoms with Gasteiger partial charge in [0.1, 0.15) is 12.1 Å². The molecule has 10 nitrogen and oxygen atoms in total. The summed E-state index contributed by atoms with van der Waals surface area (Å²) in [6.45, 7) is -0.0477. The molecule has 10 heteroatoms. The van der Waals surface area contributed by atoms with Crippen molar-refractivity contribution in [2.75, 3.05) is 18.4 Å². The highest BCUT2D eigenvalue weighted by Crippen LogP contribution is 2.20. The number of β-lactam (4-membered cyclic amide) rings is 1. The number of hydrogen-bond donors (Lipinski definition) is 5. The molecule has 0 aliphatic carbocycles. The minimum absolute atomic E-state index is 0.0933. The van der Waals surface area contributed by atoms with Crippen molar-refractivity contribution in [3.63, 3.8) is 0 Å². The summed E-state index contributed by atoms with van der Waals surface area (Å²) in [6, 6.07) is 13.6. The molecule has 2 atom stereocenters. The van der Waals surface area contributed by atoms with Gasteiger partial charge in [-0.3, -0.25) is 19.3 Å². The maximum absolute atomic E-state index is 13.5. The Morgan fingerprint density at radius 3 is 2.48 bits per heavy atom. The number of H-pyrrole nitrogens is 1. The van der Waals surface area contributed by atoms with Gasteiger partial charge in [0.25, 0.3) is 5.91 Å². The second kappa shape index (κ2) is 9.43. The molecule has 4 rings (SSSR count). The fourth-order valence-electron chi connectivity index (χ4n) is 3.81. The number of primary amides is 1. The largest absolute Gasteiger partial charge is 0.376 e. The monoisotopic (exact) mass is 448 g/mol. The number of rotatable bonds is 8. The van der Waals surface area contributed by atoms with Crippen molar-refractivity contribution in [2.45, 2.75) is 18.5 Å². The molecule has 1 unspecified atom stereocenters. The molecular formula is C23H24N6O4. The Morgan fingerprint density at radius 2 is 1.82 bits per heavy atom. The smallest absolute Gasteiger partial charge is 0.312 e. The molecule has 1 saturated heterocycles. The number of fused-ring (bicyclic) bond motifs is 1. The summed E-state index contributed by atoms with van der Waals surface area (Å²) in [5.74, 6) is -1.71. The van der Waals surface area contributed by atoms with Gasteiger partial charge < -0.3 is 26.7 Å². The van der Waals surface area contributed by atoms with Gasteiger partial charge in [-0.1, -0.05) is 36.4 Å². The van der Waals surface area contributed by atoms with E-state index >= 15 is 0 Å². The number of carbonyl (C=O) groups excluding carboxylic acids is 4. The zero-order valence-electron chi connectivity index (χ0n) is 17.7. The molecular weight excluding hydrogens is 424 g/mol. The number of carbonyl (C=O) groups is 4. The Balaban J connectivity index is 1.57. The van der Waals surface area contributed by atoms with Gasteiger partial charge in [-0.15, -0.1) is 0 Å². The van der Waals surface area contributed by atoms with E-state index in [-0.39, 0.29) is 19.5 Å². The summed E-state index contributed by atoms with van der Waals surface area (Å²) in [6.07, 6.45) is 1.84. The highest BCUT2D eigenvalue weighted by Gasteiger charge is 2.42. The highest BCUT2D eigenvalue weighted by atomic mass is 16.2. The van der Waals surface area contributed by atoms with E-state index in [1.165, 1.54) is 0 Å². The number of nitrogens with zero attached hydrogens (tertiary/aromatic N) is 1. The Morgan fingerprint density at radius 1 is 1.09 bits per heavy atom. The molecule has 3 aromatic rings. The number of aromatic nitrogens is 1. The first-order valence-electron chi connectivity index (χ1n) is 10.5. The number of benzene rings is 2. The molecule has 6 N–H and O–H groups in total. The first-order valence-corrected chi connectivity index (χ1v) is 10.5. The molecule has 0 bridgehead atoms. The molecule has 0 saturated carbocycles. The molecule has 1 aromatic heterocycles. The summed E-state index contributed by atoms with van der Waals surface area (Å²) in [4.78, 5) is 54.4. The average Bonchev–Trinajstić information content (AvgIpc) is 3.22. The van der Waals surface area contributed by atoms with Crippen LogP contribution < -0.4 is 21.7 Å². The first kappa shape index (κ1) is 21.9. The topological polar surface area (TPSA) is 149 Å². The van der Waals surface area contributed by atoms with Crippen molar-refractivity contribution in [2.24, 2.45) is 5.73 Å². The maximum atomic E-state index is 13.5. The summed E-state index contributed by atoms with van der Waals surface area (Å²) in [5, 5.41) is 8.82. The molecule has 1 aliphatic rings. The van der Waals surface area contributed by atoms with E-state index < -0.39 is 35.8 Å². The van der Waals surface area contributed by atoms with Gasteiger partial charge in [0, 0.05) is 35.8 Å². The molecule has 0 radical (unpaired) electrons. The minimum atomic E-state index is -1.13. The summed E-state index contributed by atoms with van der Waals surface area (Å²) < 4.78 is 0. The fraction of sp³-hybridized carbons (Fsp3) is 0.217. The number of aromatic amines is 1. The van der Waals surface area contributed by atoms with E-state index in [0.29, 0.717) is 5.69 Å². The molecule has 5 amide bonds. The molecule has 33 heavy (non-hydrogen) atoms. The third-order valence-corrected chi connectivity index (χ3v) is 5.52. The SMILES string of the molecule is NC(=O)N[C@H](Cc1c[nH]c2ccccc12)C(=O)N(C(=O)CNc1ccccc1)C1CNC1=O. The van der Waals surface area contributed by atoms with E-state index in [2.05, 4.69) is 20.9 Å². The number of imide groups is 1. The molecule has 2 aromatic carbocycles. The standard InChI is InChI=1S/C23H24N6O4/c24-23(33)28-18(10-14-11-26-17-9-5-4-8-16(14)17)22(32)29(19-12-27-21(19)31)20(30)13-25-15-6-2-1-3-7-15/h1-9,11,18-19,25-26H,10,12-13H2,(H,27,31)(H3,24,28,33)/t18-,19?/m1/s1. The van der Waals surface area contributed by atoms with Crippen LogP contribution in [0.4, 0.5) is 10.5 Å². The Hall–Kier alpha value is -4.34. The lowest BCUT2D eigenvalue weighted by atomic mass is 10.0. The van der Waals surface area contributed by atoms with Gasteiger partial charge >= 0.3 is 6.03 Å². The van der Waals surface area contributed by atoms with E-state index in [4.69, 9.17) is 5.73 Å². The van der Waals surface area contributed by atoms with Gasteiger partial charge in [-0.2, -0.15) is 0 Å². The zero-order valence-corrected chi connectivity index (χ0v) is 17.7. The average molecular weight is 448 g/mol. The van der Waals surface area contributed by atoms with Crippen LogP contribution in [0, 0.1) is 0 Å². The lowest BCUT2D eigenvalue weighted by Gasteiger charge is -2.37. The minimum Gasteiger partial charge on any atom is -0.376 e. The predicted octanol–water partition coefficient (Wildman–Crippen LogP) is 0.713. The van der Waals surface area contributed by atoms with Gasteiger partial charge in [0.2, 0.25) is 11.8 Å². The zero-order chi connectivity index (χ0) is 23.4. The van der Waals surface area contributed by atoms with E-state index in [1.807, 2.05) is 42.5 Å². The van der Waals surface area contributed by atoms with Crippen LogP contribution in [0.25, 0.3) is 10.9 Å². The number of anilines is 1. The van der Waals surface area contributed by atoms with Crippen LogP contribution in [0.2, 0.25) is 0 Å². The molecule has 1 aliphatic heterocycles. The van der Waals surface area contributed by atoms with E-state index in [0.717, 1.165) is 21.4 Å². The van der Waals surface area contributed by atoms with Crippen LogP contribution in [-0.2, 0) is 20.8 Å². The number of urea groups is 1. The van der Waals surface area contributed by atoms with Crippen LogP contribution in [-0.4, -0.2) is 58.8 Å². The first-order chi connectivity index (χ1) is 15.9. The number of para-hydroxylation sites is 2. The summed E-state index contributed by atoms with van der Waals surface area (Å²) in [5.41, 5.74) is 7.67.